The molecule has 2 fully saturated rings. The molecule has 0 atom stereocenters. The summed E-state index contributed by atoms with van der Waals surface area (Å²) in [5.41, 5.74) is 0.889. The summed E-state index contributed by atoms with van der Waals surface area (Å²) in [4.78, 5) is 26.5. The van der Waals surface area contributed by atoms with E-state index in [1.807, 2.05) is 23.1 Å². The second kappa shape index (κ2) is 8.62. The van der Waals surface area contributed by atoms with E-state index in [1.165, 1.54) is 0 Å². The lowest BCUT2D eigenvalue weighted by Gasteiger charge is -2.29. The van der Waals surface area contributed by atoms with Crippen LogP contribution in [0.15, 0.2) is 18.2 Å². The molecule has 0 bridgehead atoms. The highest BCUT2D eigenvalue weighted by Gasteiger charge is 2.28. The van der Waals surface area contributed by atoms with Crippen molar-refractivity contribution < 1.29 is 9.53 Å². The molecular formula is C21H27ClN4O2. The Hall–Kier alpha value is -1.92. The minimum absolute atomic E-state index is 0.188. The number of morpholine rings is 1. The van der Waals surface area contributed by atoms with E-state index in [-0.39, 0.29) is 5.91 Å². The molecule has 150 valence electrons. The Morgan fingerprint density at radius 2 is 2.04 bits per heavy atom. The van der Waals surface area contributed by atoms with Crippen LogP contribution >= 0.6 is 11.6 Å². The molecule has 2 heterocycles. The van der Waals surface area contributed by atoms with E-state index in [9.17, 15) is 4.79 Å². The Kier molecular flexibility index (Phi) is 5.97. The van der Waals surface area contributed by atoms with Gasteiger partial charge in [0.2, 0.25) is 5.91 Å². The Labute approximate surface area is 170 Å². The van der Waals surface area contributed by atoms with Crippen LogP contribution in [0.4, 0.5) is 5.82 Å². The monoisotopic (exact) mass is 402 g/mol. The van der Waals surface area contributed by atoms with Crippen molar-refractivity contribution in [2.75, 3.05) is 44.3 Å². The predicted molar refractivity (Wildman–Crippen MR) is 111 cm³/mol. The van der Waals surface area contributed by atoms with Crippen molar-refractivity contribution in [3.05, 3.63) is 29.0 Å². The predicted octanol–water partition coefficient (Wildman–Crippen LogP) is 3.63. The van der Waals surface area contributed by atoms with E-state index >= 15 is 0 Å². The highest BCUT2D eigenvalue weighted by Crippen LogP contribution is 2.40. The zero-order valence-corrected chi connectivity index (χ0v) is 17.1. The highest BCUT2D eigenvalue weighted by molar-refractivity contribution is 6.31. The summed E-state index contributed by atoms with van der Waals surface area (Å²) in [5, 5.41) is 1.68. The maximum Gasteiger partial charge on any atom is 0.224 e. The van der Waals surface area contributed by atoms with Crippen molar-refractivity contribution in [1.82, 2.24) is 14.9 Å². The first-order valence-corrected chi connectivity index (χ1v) is 10.6. The molecule has 28 heavy (non-hydrogen) atoms. The van der Waals surface area contributed by atoms with Crippen molar-refractivity contribution in [3.8, 4) is 0 Å². The van der Waals surface area contributed by atoms with E-state index < -0.39 is 0 Å². The molecule has 1 saturated heterocycles. The molecule has 1 aromatic heterocycles. The third kappa shape index (κ3) is 4.39. The molecule has 0 unspecified atom stereocenters. The second-order valence-corrected chi connectivity index (χ2v) is 8.01. The molecule has 1 saturated carbocycles. The summed E-state index contributed by atoms with van der Waals surface area (Å²) < 4.78 is 5.35. The topological polar surface area (TPSA) is 58.6 Å². The fourth-order valence-corrected chi connectivity index (χ4v) is 3.83. The van der Waals surface area contributed by atoms with Gasteiger partial charge in [-0.05, 0) is 37.5 Å². The third-order valence-corrected chi connectivity index (χ3v) is 5.59. The van der Waals surface area contributed by atoms with E-state index in [4.69, 9.17) is 26.3 Å². The lowest BCUT2D eigenvalue weighted by atomic mass is 10.2. The quantitative estimate of drug-likeness (QED) is 0.707. The van der Waals surface area contributed by atoms with Crippen LogP contribution in [0.5, 0.6) is 0 Å². The van der Waals surface area contributed by atoms with Gasteiger partial charge in [-0.3, -0.25) is 4.79 Å². The Morgan fingerprint density at radius 1 is 1.25 bits per heavy atom. The van der Waals surface area contributed by atoms with E-state index in [1.54, 1.807) is 0 Å². The molecule has 1 amide bonds. The van der Waals surface area contributed by atoms with Gasteiger partial charge < -0.3 is 14.5 Å². The molecule has 6 nitrogen and oxygen atoms in total. The van der Waals surface area contributed by atoms with Crippen LogP contribution in [-0.2, 0) is 9.53 Å². The number of ether oxygens (including phenoxy) is 1. The number of benzene rings is 1. The Bertz CT molecular complexity index is 850. The van der Waals surface area contributed by atoms with Crippen molar-refractivity contribution >= 4 is 34.2 Å². The number of carbonyl (C=O) groups excluding carboxylic acids is 1. The van der Waals surface area contributed by atoms with Gasteiger partial charge in [-0.15, -0.1) is 0 Å². The van der Waals surface area contributed by atoms with Crippen LogP contribution in [0.2, 0.25) is 5.02 Å². The summed E-state index contributed by atoms with van der Waals surface area (Å²) in [6, 6.07) is 5.80. The van der Waals surface area contributed by atoms with E-state index in [0.717, 1.165) is 48.4 Å². The third-order valence-electron chi connectivity index (χ3n) is 5.35. The SMILES string of the molecule is CCCN(CCC(=O)N1CCOCC1)c1nc(C2CC2)nc2cc(Cl)ccc12. The molecule has 2 aliphatic rings. The second-order valence-electron chi connectivity index (χ2n) is 7.57. The number of nitrogens with zero attached hydrogens (tertiary/aromatic N) is 4. The van der Waals surface area contributed by atoms with Crippen LogP contribution in [0.1, 0.15) is 44.3 Å². The number of amides is 1. The minimum Gasteiger partial charge on any atom is -0.378 e. The number of aromatic nitrogens is 2. The van der Waals surface area contributed by atoms with Gasteiger partial charge in [0.15, 0.2) is 0 Å². The van der Waals surface area contributed by atoms with Gasteiger partial charge in [0.1, 0.15) is 11.6 Å². The van der Waals surface area contributed by atoms with Crippen LogP contribution in [0.25, 0.3) is 10.9 Å². The average molecular weight is 403 g/mol. The summed E-state index contributed by atoms with van der Waals surface area (Å²) >= 11 is 6.21. The van der Waals surface area contributed by atoms with Gasteiger partial charge in [-0.1, -0.05) is 18.5 Å². The van der Waals surface area contributed by atoms with Crippen molar-refractivity contribution in [3.63, 3.8) is 0 Å². The maximum atomic E-state index is 12.6. The minimum atomic E-state index is 0.188. The molecule has 1 aromatic carbocycles. The Morgan fingerprint density at radius 3 is 2.75 bits per heavy atom. The lowest BCUT2D eigenvalue weighted by Crippen LogP contribution is -2.42. The van der Waals surface area contributed by atoms with Crippen LogP contribution in [0, 0.1) is 0 Å². The van der Waals surface area contributed by atoms with Crippen LogP contribution in [0.3, 0.4) is 0 Å². The Balaban J connectivity index is 1.59. The highest BCUT2D eigenvalue weighted by atomic mass is 35.5. The van der Waals surface area contributed by atoms with E-state index in [2.05, 4.69) is 11.8 Å². The molecule has 2 aromatic rings. The normalized spacial score (nSPS) is 17.1. The molecule has 1 aliphatic heterocycles. The average Bonchev–Trinajstić information content (AvgIpc) is 3.56. The number of rotatable bonds is 7. The summed E-state index contributed by atoms with van der Waals surface area (Å²) in [6.45, 7) is 6.30. The number of carbonyl (C=O) groups is 1. The van der Waals surface area contributed by atoms with Crippen molar-refractivity contribution in [2.24, 2.45) is 0 Å². The maximum absolute atomic E-state index is 12.6. The number of hydrogen-bond donors (Lipinski definition) is 0. The first-order valence-electron chi connectivity index (χ1n) is 10.2. The van der Waals surface area contributed by atoms with Crippen LogP contribution in [-0.4, -0.2) is 60.2 Å². The molecule has 4 rings (SSSR count). The summed E-state index contributed by atoms with van der Waals surface area (Å²) in [5.74, 6) is 2.49. The number of fused-ring (bicyclic) bond motifs is 1. The molecule has 1 aliphatic carbocycles. The van der Waals surface area contributed by atoms with E-state index in [0.29, 0.717) is 50.2 Å². The van der Waals surface area contributed by atoms with Gasteiger partial charge >= 0.3 is 0 Å². The number of hydrogen-bond acceptors (Lipinski definition) is 5. The fourth-order valence-electron chi connectivity index (χ4n) is 3.66. The van der Waals surface area contributed by atoms with Gasteiger partial charge in [-0.25, -0.2) is 9.97 Å². The fraction of sp³-hybridized carbons (Fsp3) is 0.571. The number of halogens is 1. The van der Waals surface area contributed by atoms with Gasteiger partial charge in [0.25, 0.3) is 0 Å². The molecule has 0 N–H and O–H groups in total. The van der Waals surface area contributed by atoms with Crippen LogP contribution < -0.4 is 4.90 Å². The molecule has 0 spiro atoms. The van der Waals surface area contributed by atoms with Crippen molar-refractivity contribution in [1.29, 1.82) is 0 Å². The largest absolute Gasteiger partial charge is 0.378 e. The first kappa shape index (κ1) is 19.4. The summed E-state index contributed by atoms with van der Waals surface area (Å²) in [6.07, 6.45) is 3.77. The standard InChI is InChI=1S/C21H27ClN4O2/c1-2-8-26(9-7-19(27)25-10-12-28-13-11-25)21-17-6-5-16(22)14-18(17)23-20(24-21)15-3-4-15/h5-6,14-15H,2-4,7-13H2,1H3. The molecule has 7 heteroatoms. The van der Waals surface area contributed by atoms with Gasteiger partial charge in [0, 0.05) is 48.9 Å². The van der Waals surface area contributed by atoms with Crippen molar-refractivity contribution in [2.45, 2.75) is 38.5 Å². The van der Waals surface area contributed by atoms with Gasteiger partial charge in [-0.2, -0.15) is 0 Å². The zero-order chi connectivity index (χ0) is 19.5. The first-order chi connectivity index (χ1) is 13.7. The molecular weight excluding hydrogens is 376 g/mol. The smallest absolute Gasteiger partial charge is 0.224 e. The number of anilines is 1. The summed E-state index contributed by atoms with van der Waals surface area (Å²) in [7, 11) is 0. The van der Waals surface area contributed by atoms with Gasteiger partial charge in [0.05, 0.1) is 18.7 Å². The lowest BCUT2D eigenvalue weighted by molar-refractivity contribution is -0.135. The molecule has 0 radical (unpaired) electrons. The zero-order valence-electron chi connectivity index (χ0n) is 16.4.